The number of fused-ring (bicyclic) bond motifs is 2. The number of nitrogens with one attached hydrogen (secondary N) is 1. The maximum absolute atomic E-state index is 4.62. The molecule has 16 heavy (non-hydrogen) atoms. The smallest absolute Gasteiger partial charge is 0.177 e. The van der Waals surface area contributed by atoms with E-state index in [-0.39, 0.29) is 0 Å². The van der Waals surface area contributed by atoms with E-state index < -0.39 is 0 Å². The van der Waals surface area contributed by atoms with Gasteiger partial charge in [-0.15, -0.1) is 0 Å². The minimum Gasteiger partial charge on any atom is -0.340 e. The van der Waals surface area contributed by atoms with Gasteiger partial charge in [-0.05, 0) is 49.7 Å². The first-order valence-corrected chi connectivity index (χ1v) is 6.12. The van der Waals surface area contributed by atoms with Gasteiger partial charge in [-0.2, -0.15) is 0 Å². The normalized spacial score (nSPS) is 31.9. The van der Waals surface area contributed by atoms with Crippen molar-refractivity contribution < 1.29 is 0 Å². The van der Waals surface area contributed by atoms with Crippen LogP contribution in [0.25, 0.3) is 11.2 Å². The van der Waals surface area contributed by atoms with Crippen LogP contribution < -0.4 is 0 Å². The molecule has 0 amide bonds. The summed E-state index contributed by atoms with van der Waals surface area (Å²) < 4.78 is 0. The van der Waals surface area contributed by atoms with E-state index in [1.54, 1.807) is 0 Å². The summed E-state index contributed by atoms with van der Waals surface area (Å²) in [6.07, 6.45) is 6.03. The van der Waals surface area contributed by atoms with Gasteiger partial charge in [0.2, 0.25) is 0 Å². The van der Waals surface area contributed by atoms with Gasteiger partial charge in [0, 0.05) is 12.1 Å². The van der Waals surface area contributed by atoms with Gasteiger partial charge in [-0.3, -0.25) is 0 Å². The molecule has 0 aliphatic heterocycles. The first kappa shape index (κ1) is 8.74. The average molecular weight is 213 g/mol. The van der Waals surface area contributed by atoms with Crippen molar-refractivity contribution in [2.24, 2.45) is 11.8 Å². The van der Waals surface area contributed by atoms with Crippen LogP contribution in [0.15, 0.2) is 12.3 Å². The third-order valence-corrected chi connectivity index (χ3v) is 4.12. The van der Waals surface area contributed by atoms with Gasteiger partial charge in [0.15, 0.2) is 5.65 Å². The minimum absolute atomic E-state index is 0.665. The Balaban J connectivity index is 1.75. The Bertz CT molecular complexity index is 547. The standard InChI is InChI=1S/C13H15N3/c1-7-2-11-13(14-6-7)16-12(15-11)10-4-8-3-9(8)5-10/h2,6,8-10H,3-5H2,1H3,(H,14,15,16). The molecule has 4 rings (SSSR count). The molecule has 1 N–H and O–H groups in total. The van der Waals surface area contributed by atoms with E-state index in [0.29, 0.717) is 5.92 Å². The highest BCUT2D eigenvalue weighted by molar-refractivity contribution is 5.71. The number of imidazole rings is 1. The van der Waals surface area contributed by atoms with E-state index in [0.717, 1.165) is 23.0 Å². The third kappa shape index (κ3) is 1.20. The zero-order valence-electron chi connectivity index (χ0n) is 9.40. The number of H-pyrrole nitrogens is 1. The molecule has 2 unspecified atom stereocenters. The number of hydrogen-bond donors (Lipinski definition) is 1. The summed E-state index contributed by atoms with van der Waals surface area (Å²) in [5.41, 5.74) is 3.16. The Morgan fingerprint density at radius 2 is 2.06 bits per heavy atom. The lowest BCUT2D eigenvalue weighted by Crippen LogP contribution is -1.97. The molecule has 2 atom stereocenters. The molecule has 3 nitrogen and oxygen atoms in total. The molecule has 2 aliphatic rings. The predicted octanol–water partition coefficient (Wildman–Crippen LogP) is 2.78. The second-order valence-corrected chi connectivity index (χ2v) is 5.43. The highest BCUT2D eigenvalue weighted by atomic mass is 15.0. The molecule has 2 aromatic heterocycles. The van der Waals surface area contributed by atoms with E-state index in [9.17, 15) is 0 Å². The molecule has 0 bridgehead atoms. The lowest BCUT2D eigenvalue weighted by atomic mass is 10.0. The summed E-state index contributed by atoms with van der Waals surface area (Å²) in [5.74, 6) is 3.85. The molecule has 0 radical (unpaired) electrons. The molecule has 2 aromatic rings. The zero-order valence-corrected chi connectivity index (χ0v) is 9.40. The van der Waals surface area contributed by atoms with Crippen molar-refractivity contribution in [3.63, 3.8) is 0 Å². The van der Waals surface area contributed by atoms with Crippen LogP contribution in [0.4, 0.5) is 0 Å². The van der Waals surface area contributed by atoms with Crippen LogP contribution in [0.5, 0.6) is 0 Å². The second-order valence-electron chi connectivity index (χ2n) is 5.43. The number of aromatic nitrogens is 3. The summed E-state index contributed by atoms with van der Waals surface area (Å²) in [7, 11) is 0. The van der Waals surface area contributed by atoms with E-state index in [2.05, 4.69) is 27.9 Å². The number of hydrogen-bond acceptors (Lipinski definition) is 2. The SMILES string of the molecule is Cc1cnc2nc(C3CC4CC4C3)[nH]c2c1. The Morgan fingerprint density at radius 1 is 1.25 bits per heavy atom. The number of aromatic amines is 1. The molecule has 2 saturated carbocycles. The largest absolute Gasteiger partial charge is 0.340 e. The molecule has 0 spiro atoms. The number of pyridine rings is 1. The number of rotatable bonds is 1. The van der Waals surface area contributed by atoms with Crippen molar-refractivity contribution in [2.75, 3.05) is 0 Å². The van der Waals surface area contributed by atoms with Crippen molar-refractivity contribution in [1.82, 2.24) is 15.0 Å². The highest BCUT2D eigenvalue weighted by Gasteiger charge is 2.46. The van der Waals surface area contributed by atoms with E-state index >= 15 is 0 Å². The summed E-state index contributed by atoms with van der Waals surface area (Å²) in [4.78, 5) is 12.4. The number of aryl methyl sites for hydroxylation is 1. The van der Waals surface area contributed by atoms with Gasteiger partial charge >= 0.3 is 0 Å². The van der Waals surface area contributed by atoms with Crippen LogP contribution in [0.3, 0.4) is 0 Å². The Hall–Kier alpha value is -1.38. The molecule has 82 valence electrons. The summed E-state index contributed by atoms with van der Waals surface area (Å²) in [5, 5.41) is 0. The topological polar surface area (TPSA) is 41.6 Å². The third-order valence-electron chi connectivity index (χ3n) is 4.12. The van der Waals surface area contributed by atoms with Crippen molar-refractivity contribution in [3.05, 3.63) is 23.7 Å². The lowest BCUT2D eigenvalue weighted by Gasteiger charge is -2.06. The Kier molecular flexibility index (Phi) is 1.55. The summed E-state index contributed by atoms with van der Waals surface area (Å²) in [6.45, 7) is 2.07. The van der Waals surface area contributed by atoms with Gasteiger partial charge in [-0.1, -0.05) is 0 Å². The molecular formula is C13H15N3. The fourth-order valence-electron chi connectivity index (χ4n) is 3.15. The monoisotopic (exact) mass is 213 g/mol. The van der Waals surface area contributed by atoms with Gasteiger partial charge in [0.25, 0.3) is 0 Å². The van der Waals surface area contributed by atoms with Crippen molar-refractivity contribution in [3.8, 4) is 0 Å². The van der Waals surface area contributed by atoms with Gasteiger partial charge in [0.05, 0.1) is 5.52 Å². The van der Waals surface area contributed by atoms with Gasteiger partial charge in [0.1, 0.15) is 5.82 Å². The molecule has 2 fully saturated rings. The summed E-state index contributed by atoms with van der Waals surface area (Å²) >= 11 is 0. The molecule has 0 aromatic carbocycles. The van der Waals surface area contributed by atoms with Crippen molar-refractivity contribution in [2.45, 2.75) is 32.1 Å². The Labute approximate surface area is 94.3 Å². The van der Waals surface area contributed by atoms with Crippen LogP contribution in [0.2, 0.25) is 0 Å². The maximum atomic E-state index is 4.62. The van der Waals surface area contributed by atoms with Crippen LogP contribution >= 0.6 is 0 Å². The fourth-order valence-corrected chi connectivity index (χ4v) is 3.15. The minimum atomic E-state index is 0.665. The Morgan fingerprint density at radius 3 is 2.88 bits per heavy atom. The molecule has 3 heteroatoms. The fraction of sp³-hybridized carbons (Fsp3) is 0.538. The van der Waals surface area contributed by atoms with Crippen LogP contribution in [0, 0.1) is 18.8 Å². The number of nitrogens with zero attached hydrogens (tertiary/aromatic N) is 2. The van der Waals surface area contributed by atoms with Gasteiger partial charge in [-0.25, -0.2) is 9.97 Å². The van der Waals surface area contributed by atoms with Crippen molar-refractivity contribution >= 4 is 11.2 Å². The van der Waals surface area contributed by atoms with Crippen LogP contribution in [0.1, 0.15) is 36.6 Å². The molecule has 2 aliphatic carbocycles. The zero-order chi connectivity index (χ0) is 10.7. The van der Waals surface area contributed by atoms with Crippen LogP contribution in [-0.2, 0) is 0 Å². The second kappa shape index (κ2) is 2.84. The quantitative estimate of drug-likeness (QED) is 0.791. The molecule has 2 heterocycles. The maximum Gasteiger partial charge on any atom is 0.177 e. The predicted molar refractivity (Wildman–Crippen MR) is 62.2 cm³/mol. The van der Waals surface area contributed by atoms with E-state index in [1.807, 2.05) is 6.20 Å². The highest BCUT2D eigenvalue weighted by Crippen LogP contribution is 2.57. The molecular weight excluding hydrogens is 198 g/mol. The lowest BCUT2D eigenvalue weighted by molar-refractivity contribution is 0.597. The van der Waals surface area contributed by atoms with E-state index in [1.165, 1.54) is 30.7 Å². The first-order chi connectivity index (χ1) is 7.79. The average Bonchev–Trinajstić information content (AvgIpc) is 2.75. The first-order valence-electron chi connectivity index (χ1n) is 6.12. The van der Waals surface area contributed by atoms with Crippen molar-refractivity contribution in [1.29, 1.82) is 0 Å². The van der Waals surface area contributed by atoms with Crippen LogP contribution in [-0.4, -0.2) is 15.0 Å². The molecule has 0 saturated heterocycles. The van der Waals surface area contributed by atoms with Gasteiger partial charge < -0.3 is 4.98 Å². The summed E-state index contributed by atoms with van der Waals surface area (Å²) in [6, 6.07) is 2.13. The van der Waals surface area contributed by atoms with E-state index in [4.69, 9.17) is 0 Å².